The van der Waals surface area contributed by atoms with Crippen molar-refractivity contribution in [3.63, 3.8) is 0 Å². The van der Waals surface area contributed by atoms with E-state index in [1.54, 1.807) is 0 Å². The van der Waals surface area contributed by atoms with Gasteiger partial charge in [-0.3, -0.25) is 4.79 Å². The van der Waals surface area contributed by atoms with Crippen molar-refractivity contribution in [2.45, 2.75) is 32.7 Å². The van der Waals surface area contributed by atoms with Gasteiger partial charge >= 0.3 is 0 Å². The van der Waals surface area contributed by atoms with Crippen molar-refractivity contribution in [2.75, 3.05) is 18.1 Å². The molecule has 1 amide bonds. The molecule has 0 saturated heterocycles. The summed E-state index contributed by atoms with van der Waals surface area (Å²) in [5.74, 6) is 1.75. The highest BCUT2D eigenvalue weighted by Gasteiger charge is 2.34. The first kappa shape index (κ1) is 18.2. The molecule has 4 heterocycles. The Bertz CT molecular complexity index is 1110. The number of carbonyl (C=O) groups is 1. The molecule has 8 heteroatoms. The first-order valence-corrected chi connectivity index (χ1v) is 10.5. The van der Waals surface area contributed by atoms with E-state index in [1.165, 1.54) is 11.3 Å². The van der Waals surface area contributed by atoms with Crippen LogP contribution in [0.25, 0.3) is 11.3 Å². The maximum Gasteiger partial charge on any atom is 0.263 e. The van der Waals surface area contributed by atoms with Crippen LogP contribution in [0.15, 0.2) is 24.4 Å². The predicted molar refractivity (Wildman–Crippen MR) is 113 cm³/mol. The molecule has 2 aromatic heterocycles. The Kier molecular flexibility index (Phi) is 3.96. The van der Waals surface area contributed by atoms with Crippen molar-refractivity contribution < 1.29 is 9.53 Å². The Labute approximate surface area is 173 Å². The normalized spacial score (nSPS) is 17.4. The monoisotopic (exact) mass is 409 g/mol. The average molecular weight is 410 g/mol. The number of carbonyl (C=O) groups excluding carboxylic acids is 1. The molecule has 0 saturated carbocycles. The van der Waals surface area contributed by atoms with Crippen LogP contribution in [0.1, 0.15) is 35.0 Å². The third kappa shape index (κ3) is 3.07. The number of thiazole rings is 1. The number of benzene rings is 1. The largest absolute Gasteiger partial charge is 0.490 e. The number of hydrogen-bond acceptors (Lipinski definition) is 6. The molecule has 5 rings (SSSR count). The summed E-state index contributed by atoms with van der Waals surface area (Å²) in [6.45, 7) is 7.31. The number of anilines is 2. The molecule has 3 aromatic rings. The number of aryl methyl sites for hydroxylation is 2. The number of fused-ring (bicyclic) bond motifs is 2. The summed E-state index contributed by atoms with van der Waals surface area (Å²) < 4.78 is 7.89. The van der Waals surface area contributed by atoms with Crippen LogP contribution in [0.5, 0.6) is 5.75 Å². The lowest BCUT2D eigenvalue weighted by Gasteiger charge is -2.29. The van der Waals surface area contributed by atoms with Crippen LogP contribution < -0.4 is 15.0 Å². The first-order chi connectivity index (χ1) is 13.8. The lowest BCUT2D eigenvalue weighted by molar-refractivity contribution is 0.0901. The zero-order valence-corrected chi connectivity index (χ0v) is 17.8. The predicted octanol–water partition coefficient (Wildman–Crippen LogP) is 3.45. The maximum atomic E-state index is 12.5. The van der Waals surface area contributed by atoms with E-state index < -0.39 is 0 Å². The Hall–Kier alpha value is -2.87. The van der Waals surface area contributed by atoms with Gasteiger partial charge in [0.1, 0.15) is 23.1 Å². The number of rotatable bonds is 2. The minimum Gasteiger partial charge on any atom is -0.490 e. The molecule has 0 atom stereocenters. The number of ether oxygens (including phenoxy) is 1. The highest BCUT2D eigenvalue weighted by atomic mass is 32.1. The highest BCUT2D eigenvalue weighted by molar-refractivity contribution is 7.17. The van der Waals surface area contributed by atoms with Gasteiger partial charge in [-0.05, 0) is 39.0 Å². The van der Waals surface area contributed by atoms with E-state index in [1.807, 2.05) is 50.7 Å². The van der Waals surface area contributed by atoms with Gasteiger partial charge < -0.3 is 19.5 Å². The summed E-state index contributed by atoms with van der Waals surface area (Å²) in [5, 5.41) is 3.90. The molecular weight excluding hydrogens is 386 g/mol. The fourth-order valence-electron chi connectivity index (χ4n) is 3.85. The van der Waals surface area contributed by atoms with Crippen molar-refractivity contribution in [3.05, 3.63) is 40.8 Å². The molecule has 0 spiro atoms. The third-order valence-electron chi connectivity index (χ3n) is 5.41. The molecule has 0 fully saturated rings. The molecule has 0 unspecified atom stereocenters. The summed E-state index contributed by atoms with van der Waals surface area (Å²) in [4.78, 5) is 24.9. The van der Waals surface area contributed by atoms with Crippen LogP contribution in [0, 0.1) is 6.92 Å². The van der Waals surface area contributed by atoms with Gasteiger partial charge in [-0.2, -0.15) is 0 Å². The quantitative estimate of drug-likeness (QED) is 0.702. The second kappa shape index (κ2) is 6.32. The molecule has 0 radical (unpaired) electrons. The van der Waals surface area contributed by atoms with Crippen molar-refractivity contribution in [1.82, 2.24) is 19.9 Å². The standard InChI is InChI=1S/C21H23N5O2S/c1-12-22-15(11-25(12)4)13-5-6-17-16(9-13)26(7-8-28-17)20-23-14-10-21(2,3)24-19(27)18(14)29-20/h5-6,9,11H,7-8,10H2,1-4H3,(H,24,27). The minimum absolute atomic E-state index is 0.0359. The van der Waals surface area contributed by atoms with Gasteiger partial charge in [0.25, 0.3) is 5.91 Å². The van der Waals surface area contributed by atoms with E-state index in [-0.39, 0.29) is 11.4 Å². The maximum absolute atomic E-state index is 12.5. The number of hydrogen-bond donors (Lipinski definition) is 1. The summed E-state index contributed by atoms with van der Waals surface area (Å²) in [7, 11) is 1.99. The summed E-state index contributed by atoms with van der Waals surface area (Å²) in [6, 6.07) is 6.12. The average Bonchev–Trinajstić information content (AvgIpc) is 3.23. The Morgan fingerprint density at radius 3 is 2.86 bits per heavy atom. The highest BCUT2D eigenvalue weighted by Crippen LogP contribution is 2.42. The van der Waals surface area contributed by atoms with Crippen LogP contribution >= 0.6 is 11.3 Å². The molecular formula is C21H23N5O2S. The van der Waals surface area contributed by atoms with Gasteiger partial charge in [0.15, 0.2) is 5.13 Å². The lowest BCUT2D eigenvalue weighted by Crippen LogP contribution is -2.48. The Morgan fingerprint density at radius 1 is 1.28 bits per heavy atom. The molecule has 0 bridgehead atoms. The molecule has 2 aliphatic heterocycles. The molecule has 0 aliphatic carbocycles. The number of amides is 1. The number of aromatic nitrogens is 3. The van der Waals surface area contributed by atoms with Crippen molar-refractivity contribution in [2.24, 2.45) is 7.05 Å². The van der Waals surface area contributed by atoms with Crippen molar-refractivity contribution in [1.29, 1.82) is 0 Å². The van der Waals surface area contributed by atoms with E-state index >= 15 is 0 Å². The minimum atomic E-state index is -0.275. The van der Waals surface area contributed by atoms with E-state index in [9.17, 15) is 4.79 Å². The molecule has 7 nitrogen and oxygen atoms in total. The number of nitrogens with zero attached hydrogens (tertiary/aromatic N) is 4. The van der Waals surface area contributed by atoms with Gasteiger partial charge in [-0.1, -0.05) is 11.3 Å². The lowest BCUT2D eigenvalue weighted by atomic mass is 9.94. The Balaban J connectivity index is 1.56. The van der Waals surface area contributed by atoms with Gasteiger partial charge in [0, 0.05) is 30.8 Å². The molecule has 1 N–H and O–H groups in total. The zero-order chi connectivity index (χ0) is 20.3. The van der Waals surface area contributed by atoms with Gasteiger partial charge in [0.05, 0.1) is 23.6 Å². The van der Waals surface area contributed by atoms with Crippen LogP contribution in [-0.4, -0.2) is 39.1 Å². The topological polar surface area (TPSA) is 72.3 Å². The first-order valence-electron chi connectivity index (χ1n) is 9.68. The molecule has 2 aliphatic rings. The second-order valence-electron chi connectivity index (χ2n) is 8.25. The van der Waals surface area contributed by atoms with E-state index in [2.05, 4.69) is 21.3 Å². The van der Waals surface area contributed by atoms with Crippen LogP contribution in [0.3, 0.4) is 0 Å². The summed E-state index contributed by atoms with van der Waals surface area (Å²) >= 11 is 1.45. The SMILES string of the molecule is Cc1nc(-c2ccc3c(c2)N(c2nc4c(s2)C(=O)NC(C)(C)C4)CCO3)cn1C. The Morgan fingerprint density at radius 2 is 2.10 bits per heavy atom. The van der Waals surface area contributed by atoms with Crippen LogP contribution in [0.4, 0.5) is 10.8 Å². The van der Waals surface area contributed by atoms with E-state index in [0.717, 1.165) is 45.8 Å². The summed E-state index contributed by atoms with van der Waals surface area (Å²) in [5.41, 5.74) is 3.52. The van der Waals surface area contributed by atoms with Crippen molar-refractivity contribution in [3.8, 4) is 17.0 Å². The van der Waals surface area contributed by atoms with Crippen LogP contribution in [0.2, 0.25) is 0 Å². The van der Waals surface area contributed by atoms with E-state index in [0.29, 0.717) is 18.0 Å². The van der Waals surface area contributed by atoms with E-state index in [4.69, 9.17) is 9.72 Å². The van der Waals surface area contributed by atoms with Crippen LogP contribution in [-0.2, 0) is 13.5 Å². The zero-order valence-electron chi connectivity index (χ0n) is 16.9. The fourth-order valence-corrected chi connectivity index (χ4v) is 4.87. The van der Waals surface area contributed by atoms with Gasteiger partial charge in [0.2, 0.25) is 0 Å². The summed E-state index contributed by atoms with van der Waals surface area (Å²) in [6.07, 6.45) is 2.76. The molecule has 29 heavy (non-hydrogen) atoms. The third-order valence-corrected chi connectivity index (χ3v) is 6.53. The number of imidazole rings is 1. The van der Waals surface area contributed by atoms with Gasteiger partial charge in [-0.25, -0.2) is 9.97 Å². The van der Waals surface area contributed by atoms with Gasteiger partial charge in [-0.15, -0.1) is 0 Å². The second-order valence-corrected chi connectivity index (χ2v) is 9.23. The van der Waals surface area contributed by atoms with Crippen molar-refractivity contribution >= 4 is 28.1 Å². The fraction of sp³-hybridized carbons (Fsp3) is 0.381. The smallest absolute Gasteiger partial charge is 0.263 e. The molecule has 150 valence electrons. The number of nitrogens with one attached hydrogen (secondary N) is 1. The molecule has 1 aromatic carbocycles.